The Morgan fingerprint density at radius 2 is 2.15 bits per heavy atom. The Kier molecular flexibility index (Phi) is 3.23. The maximum atomic E-state index is 12.0. The minimum Gasteiger partial charge on any atom is -0.393 e. The first-order valence-electron chi connectivity index (χ1n) is 5.10. The molecule has 0 aliphatic heterocycles. The second-order valence-electron chi connectivity index (χ2n) is 3.69. The van der Waals surface area contributed by atoms with Crippen LogP contribution in [0.1, 0.15) is 0 Å². The molecule has 0 unspecified atom stereocenters. The Morgan fingerprint density at radius 1 is 1.45 bits per heavy atom. The van der Waals surface area contributed by atoms with Crippen LogP contribution >= 0.6 is 0 Å². The van der Waals surface area contributed by atoms with Gasteiger partial charge in [0.05, 0.1) is 16.9 Å². The number of sulfonamides is 1. The van der Waals surface area contributed by atoms with Crippen LogP contribution in [0.4, 0.5) is 17.3 Å². The molecule has 12 heteroatoms. The highest BCUT2D eigenvalue weighted by Crippen LogP contribution is 2.25. The summed E-state index contributed by atoms with van der Waals surface area (Å²) in [6, 6.07) is 3.13. The second-order valence-corrected chi connectivity index (χ2v) is 5.37. The molecule has 1 aromatic carbocycles. The average Bonchev–Trinajstić information content (AvgIpc) is 2.73. The van der Waals surface area contributed by atoms with E-state index in [4.69, 9.17) is 5.73 Å². The van der Waals surface area contributed by atoms with E-state index in [0.29, 0.717) is 0 Å². The van der Waals surface area contributed by atoms with Gasteiger partial charge in [-0.25, -0.2) is 13.1 Å². The van der Waals surface area contributed by atoms with E-state index in [-0.39, 0.29) is 16.5 Å². The topological polar surface area (TPSA) is 159 Å². The van der Waals surface area contributed by atoms with E-state index in [9.17, 15) is 18.5 Å². The van der Waals surface area contributed by atoms with Crippen molar-refractivity contribution in [1.29, 1.82) is 0 Å². The van der Waals surface area contributed by atoms with Gasteiger partial charge in [0.15, 0.2) is 0 Å². The fourth-order valence-corrected chi connectivity index (χ4v) is 2.31. The number of tetrazole rings is 1. The predicted octanol–water partition coefficient (Wildman–Crippen LogP) is -0.499. The van der Waals surface area contributed by atoms with Crippen molar-refractivity contribution in [2.75, 3.05) is 10.5 Å². The number of benzene rings is 1. The number of nitrogen functional groups attached to an aromatic ring is 1. The molecule has 0 spiro atoms. The van der Waals surface area contributed by atoms with Gasteiger partial charge in [-0.05, 0) is 17.3 Å². The Labute approximate surface area is 112 Å². The summed E-state index contributed by atoms with van der Waals surface area (Å²) in [7, 11) is -2.60. The van der Waals surface area contributed by atoms with Crippen LogP contribution in [0.25, 0.3) is 0 Å². The van der Waals surface area contributed by atoms with Gasteiger partial charge in [-0.15, -0.1) is 5.10 Å². The number of nitro benzene ring substituents is 1. The van der Waals surface area contributed by atoms with Crippen molar-refractivity contribution in [3.05, 3.63) is 28.3 Å². The first kappa shape index (κ1) is 13.7. The molecule has 106 valence electrons. The lowest BCUT2D eigenvalue weighted by Crippen LogP contribution is -2.14. The van der Waals surface area contributed by atoms with Gasteiger partial charge in [-0.1, -0.05) is 5.10 Å². The molecule has 0 saturated carbocycles. The van der Waals surface area contributed by atoms with Crippen molar-refractivity contribution in [3.8, 4) is 0 Å². The van der Waals surface area contributed by atoms with E-state index in [1.807, 2.05) is 4.72 Å². The van der Waals surface area contributed by atoms with Crippen molar-refractivity contribution < 1.29 is 13.3 Å². The van der Waals surface area contributed by atoms with Crippen molar-refractivity contribution >= 4 is 27.3 Å². The van der Waals surface area contributed by atoms with E-state index < -0.39 is 20.6 Å². The zero-order valence-corrected chi connectivity index (χ0v) is 10.9. The molecular weight excluding hydrogens is 290 g/mol. The maximum Gasteiger partial charge on any atom is 0.293 e. The van der Waals surface area contributed by atoms with Gasteiger partial charge in [-0.3, -0.25) is 10.1 Å². The maximum absolute atomic E-state index is 12.0. The Balaban J connectivity index is 2.39. The molecule has 2 rings (SSSR count). The lowest BCUT2D eigenvalue weighted by Gasteiger charge is -2.05. The van der Waals surface area contributed by atoms with Gasteiger partial charge < -0.3 is 5.73 Å². The van der Waals surface area contributed by atoms with Gasteiger partial charge in [-0.2, -0.15) is 4.80 Å². The highest BCUT2D eigenvalue weighted by Gasteiger charge is 2.21. The number of nitrogens with zero attached hydrogens (tertiary/aromatic N) is 5. The zero-order chi connectivity index (χ0) is 14.9. The third-order valence-electron chi connectivity index (χ3n) is 2.24. The number of nitrogens with one attached hydrogen (secondary N) is 1. The predicted molar refractivity (Wildman–Crippen MR) is 67.1 cm³/mol. The summed E-state index contributed by atoms with van der Waals surface area (Å²) in [5, 5.41) is 21.3. The molecule has 1 aromatic heterocycles. The van der Waals surface area contributed by atoms with Gasteiger partial charge >= 0.3 is 0 Å². The van der Waals surface area contributed by atoms with Gasteiger partial charge in [0.2, 0.25) is 0 Å². The molecule has 0 radical (unpaired) electrons. The number of rotatable bonds is 4. The first-order chi connectivity index (χ1) is 9.29. The monoisotopic (exact) mass is 299 g/mol. The molecule has 0 atom stereocenters. The summed E-state index contributed by atoms with van der Waals surface area (Å²) in [6.45, 7) is 0. The van der Waals surface area contributed by atoms with Crippen LogP contribution in [0.5, 0.6) is 0 Å². The Bertz CT molecular complexity index is 769. The molecule has 0 aliphatic carbocycles. The average molecular weight is 299 g/mol. The highest BCUT2D eigenvalue weighted by atomic mass is 32.2. The molecule has 3 N–H and O–H groups in total. The number of hydrogen-bond donors (Lipinski definition) is 2. The molecule has 0 saturated heterocycles. The number of anilines is 2. The van der Waals surface area contributed by atoms with E-state index in [2.05, 4.69) is 15.4 Å². The van der Waals surface area contributed by atoms with Crippen LogP contribution in [0.3, 0.4) is 0 Å². The SMILES string of the molecule is Cn1nnc(NS(=O)(=O)c2ccc(N)c([N+](=O)[O-])c2)n1. The first-order valence-corrected chi connectivity index (χ1v) is 6.58. The molecule has 11 nitrogen and oxygen atoms in total. The van der Waals surface area contributed by atoms with E-state index in [0.717, 1.165) is 23.0 Å². The normalized spacial score (nSPS) is 11.2. The van der Waals surface area contributed by atoms with Crippen LogP contribution in [0.15, 0.2) is 23.1 Å². The molecular formula is C8H9N7O4S. The summed E-state index contributed by atoms with van der Waals surface area (Å²) in [4.78, 5) is 10.7. The molecule has 20 heavy (non-hydrogen) atoms. The lowest BCUT2D eigenvalue weighted by molar-refractivity contribution is -0.384. The van der Waals surface area contributed by atoms with Crippen LogP contribution in [0, 0.1) is 10.1 Å². The van der Waals surface area contributed by atoms with Gasteiger partial charge in [0, 0.05) is 6.07 Å². The third kappa shape index (κ3) is 2.64. The largest absolute Gasteiger partial charge is 0.393 e. The summed E-state index contributed by atoms with van der Waals surface area (Å²) in [5.41, 5.74) is 4.76. The van der Waals surface area contributed by atoms with Crippen molar-refractivity contribution in [1.82, 2.24) is 20.2 Å². The fraction of sp³-hybridized carbons (Fsp3) is 0.125. The van der Waals surface area contributed by atoms with Crippen molar-refractivity contribution in [2.45, 2.75) is 4.90 Å². The third-order valence-corrected chi connectivity index (χ3v) is 3.57. The van der Waals surface area contributed by atoms with E-state index >= 15 is 0 Å². The highest BCUT2D eigenvalue weighted by molar-refractivity contribution is 7.92. The Morgan fingerprint density at radius 3 is 2.70 bits per heavy atom. The minimum absolute atomic E-state index is 0.133. The van der Waals surface area contributed by atoms with Crippen molar-refractivity contribution in [3.63, 3.8) is 0 Å². The summed E-state index contributed by atoms with van der Waals surface area (Å²) < 4.78 is 26.1. The molecule has 0 aliphatic rings. The summed E-state index contributed by atoms with van der Waals surface area (Å²) >= 11 is 0. The fourth-order valence-electron chi connectivity index (χ4n) is 1.35. The number of nitro groups is 1. The number of aromatic nitrogens is 4. The number of nitrogens with two attached hydrogens (primary N) is 1. The Hall–Kier alpha value is -2.76. The van der Waals surface area contributed by atoms with Crippen LogP contribution in [-0.4, -0.2) is 33.5 Å². The van der Waals surface area contributed by atoms with Crippen LogP contribution in [0.2, 0.25) is 0 Å². The van der Waals surface area contributed by atoms with Crippen LogP contribution in [-0.2, 0) is 17.1 Å². The molecule has 2 aromatic rings. The second kappa shape index (κ2) is 4.73. The van der Waals surface area contributed by atoms with E-state index in [1.54, 1.807) is 0 Å². The lowest BCUT2D eigenvalue weighted by atomic mass is 10.3. The minimum atomic E-state index is -4.06. The number of aryl methyl sites for hydroxylation is 1. The summed E-state index contributed by atoms with van der Waals surface area (Å²) in [6.07, 6.45) is 0. The molecule has 0 fully saturated rings. The van der Waals surface area contributed by atoms with Crippen molar-refractivity contribution in [2.24, 2.45) is 7.05 Å². The zero-order valence-electron chi connectivity index (χ0n) is 10.1. The van der Waals surface area contributed by atoms with Gasteiger partial charge in [0.1, 0.15) is 5.69 Å². The summed E-state index contributed by atoms with van der Waals surface area (Å²) in [5.74, 6) is -0.244. The van der Waals surface area contributed by atoms with Crippen LogP contribution < -0.4 is 10.5 Å². The quantitative estimate of drug-likeness (QED) is 0.434. The smallest absolute Gasteiger partial charge is 0.293 e. The number of hydrogen-bond acceptors (Lipinski definition) is 8. The molecule has 0 bridgehead atoms. The van der Waals surface area contributed by atoms with Gasteiger partial charge in [0.25, 0.3) is 21.7 Å². The molecule has 1 heterocycles. The standard InChI is InChI=1S/C8H9N7O4S/c1-14-11-8(10-13-14)12-20(18,19)5-2-3-6(9)7(4-5)15(16)17/h2-4H,9H2,1H3,(H,11,12). The van der Waals surface area contributed by atoms with E-state index in [1.165, 1.54) is 7.05 Å². The molecule has 0 amide bonds.